The molecule has 0 aliphatic carbocycles. The van der Waals surface area contributed by atoms with E-state index in [9.17, 15) is 27.2 Å². The first-order valence-electron chi connectivity index (χ1n) is 4.29. The summed E-state index contributed by atoms with van der Waals surface area (Å²) in [7, 11) is 0. The Bertz CT molecular complexity index is 310. The maximum Gasteiger partial charge on any atom is 0.433 e. The number of hydrogen-bond acceptors (Lipinski definition) is 4. The Morgan fingerprint density at radius 1 is 1.44 bits per heavy atom. The highest BCUT2D eigenvalue weighted by molar-refractivity contribution is 5.84. The molecule has 8 heteroatoms. The Hall–Kier alpha value is -1.34. The highest BCUT2D eigenvalue weighted by Crippen LogP contribution is 2.35. The van der Waals surface area contributed by atoms with Crippen LogP contribution >= 0.6 is 0 Å². The number of halogens is 4. The maximum absolute atomic E-state index is 13.0. The number of cyclic esters (lactones) is 1. The van der Waals surface area contributed by atoms with E-state index >= 15 is 0 Å². The summed E-state index contributed by atoms with van der Waals surface area (Å²) in [5, 5.41) is 0. The summed E-state index contributed by atoms with van der Waals surface area (Å²) in [6, 6.07) is 0. The van der Waals surface area contributed by atoms with Gasteiger partial charge in [0.05, 0.1) is 6.61 Å². The van der Waals surface area contributed by atoms with Gasteiger partial charge in [0.1, 0.15) is 0 Å². The zero-order valence-corrected chi connectivity index (χ0v) is 8.14. The van der Waals surface area contributed by atoms with Crippen molar-refractivity contribution in [3.8, 4) is 0 Å². The summed E-state index contributed by atoms with van der Waals surface area (Å²) in [4.78, 5) is 21.7. The molecule has 0 bridgehead atoms. The van der Waals surface area contributed by atoms with Crippen LogP contribution in [0.3, 0.4) is 0 Å². The molecule has 2 unspecified atom stereocenters. The van der Waals surface area contributed by atoms with Gasteiger partial charge in [0.25, 0.3) is 5.67 Å². The molecule has 1 fully saturated rings. The molecule has 0 aromatic rings. The van der Waals surface area contributed by atoms with E-state index in [0.717, 1.165) is 0 Å². The van der Waals surface area contributed by atoms with Crippen LogP contribution in [0.4, 0.5) is 17.6 Å². The molecule has 1 rings (SSSR count). The lowest BCUT2D eigenvalue weighted by molar-refractivity contribution is -0.236. The van der Waals surface area contributed by atoms with E-state index in [-0.39, 0.29) is 20.0 Å². The number of alkyl halides is 4. The lowest BCUT2D eigenvalue weighted by Crippen LogP contribution is -2.48. The summed E-state index contributed by atoms with van der Waals surface area (Å²) in [6.45, 7) is -0.0264. The van der Waals surface area contributed by atoms with Gasteiger partial charge >= 0.3 is 18.1 Å². The molecule has 0 saturated carbocycles. The maximum atomic E-state index is 13.0. The fourth-order valence-electron chi connectivity index (χ4n) is 0.940. The molecule has 16 heavy (non-hydrogen) atoms. The lowest BCUT2D eigenvalue weighted by Gasteiger charge is -2.22. The number of ether oxygens (including phenoxy) is 2. The molecule has 0 spiro atoms. The molecule has 0 N–H and O–H groups in total. The van der Waals surface area contributed by atoms with Crippen LogP contribution in [0.2, 0.25) is 0 Å². The molecular formula is C8H8F4O4. The minimum Gasteiger partial charge on any atom is -0.463 e. The van der Waals surface area contributed by atoms with Crippen LogP contribution in [-0.2, 0) is 19.1 Å². The molecule has 1 aliphatic heterocycles. The van der Waals surface area contributed by atoms with Gasteiger partial charge in [-0.05, 0) is 6.92 Å². The van der Waals surface area contributed by atoms with Crippen molar-refractivity contribution in [1.82, 2.24) is 0 Å². The lowest BCUT2D eigenvalue weighted by atomic mass is 10.1. The van der Waals surface area contributed by atoms with E-state index < -0.39 is 29.9 Å². The van der Waals surface area contributed by atoms with E-state index in [1.54, 1.807) is 0 Å². The fourth-order valence-corrected chi connectivity index (χ4v) is 0.940. The zero-order valence-electron chi connectivity index (χ0n) is 8.14. The minimum atomic E-state index is -5.38. The summed E-state index contributed by atoms with van der Waals surface area (Å²) >= 11 is 0. The summed E-state index contributed by atoms with van der Waals surface area (Å²) in [5.41, 5.74) is -4.13. The molecule has 1 heterocycles. The van der Waals surface area contributed by atoms with Gasteiger partial charge in [0.2, 0.25) is 6.10 Å². The van der Waals surface area contributed by atoms with Crippen molar-refractivity contribution >= 4 is 11.9 Å². The third-order valence-corrected chi connectivity index (χ3v) is 2.05. The van der Waals surface area contributed by atoms with Gasteiger partial charge in [-0.1, -0.05) is 0 Å². The highest BCUT2D eigenvalue weighted by Gasteiger charge is 2.60. The quantitative estimate of drug-likeness (QED) is 0.539. The molecule has 0 aromatic carbocycles. The summed E-state index contributed by atoms with van der Waals surface area (Å²) in [6.07, 6.45) is -6.91. The molecule has 1 aliphatic rings. The molecule has 4 nitrogen and oxygen atoms in total. The third-order valence-electron chi connectivity index (χ3n) is 2.05. The Morgan fingerprint density at radius 2 is 2.00 bits per heavy atom. The largest absolute Gasteiger partial charge is 0.463 e. The first-order valence-corrected chi connectivity index (χ1v) is 4.29. The molecule has 2 atom stereocenters. The van der Waals surface area contributed by atoms with Crippen molar-refractivity contribution < 1.29 is 36.6 Å². The van der Waals surface area contributed by atoms with Crippen molar-refractivity contribution in [2.75, 3.05) is 6.61 Å². The molecule has 0 aromatic heterocycles. The summed E-state index contributed by atoms with van der Waals surface area (Å²) in [5.74, 6) is -3.10. The van der Waals surface area contributed by atoms with Gasteiger partial charge in [-0.3, -0.25) is 0 Å². The van der Waals surface area contributed by atoms with Crippen LogP contribution in [0.15, 0.2) is 0 Å². The summed E-state index contributed by atoms with van der Waals surface area (Å²) < 4.78 is 57.7. The first kappa shape index (κ1) is 12.7. The van der Waals surface area contributed by atoms with Crippen LogP contribution in [0.5, 0.6) is 0 Å². The number of carbonyl (C=O) groups excluding carboxylic acids is 2. The van der Waals surface area contributed by atoms with E-state index in [2.05, 4.69) is 9.47 Å². The molecule has 0 radical (unpaired) electrons. The Labute approximate surface area is 87.5 Å². The topological polar surface area (TPSA) is 52.6 Å². The average molecular weight is 244 g/mol. The zero-order chi connectivity index (χ0) is 12.6. The highest BCUT2D eigenvalue weighted by atomic mass is 19.4. The van der Waals surface area contributed by atoms with E-state index in [4.69, 9.17) is 0 Å². The molecule has 1 saturated heterocycles. The van der Waals surface area contributed by atoms with Crippen molar-refractivity contribution in [2.24, 2.45) is 0 Å². The predicted molar refractivity (Wildman–Crippen MR) is 41.0 cm³/mol. The van der Waals surface area contributed by atoms with Crippen LogP contribution < -0.4 is 0 Å². The number of rotatable bonds is 2. The van der Waals surface area contributed by atoms with Crippen molar-refractivity contribution in [3.05, 3.63) is 0 Å². The first-order chi connectivity index (χ1) is 7.16. The van der Waals surface area contributed by atoms with Crippen molar-refractivity contribution in [1.29, 1.82) is 0 Å². The van der Waals surface area contributed by atoms with Crippen LogP contribution in [0.1, 0.15) is 13.3 Å². The van der Waals surface area contributed by atoms with Gasteiger partial charge in [-0.15, -0.1) is 0 Å². The number of carbonyl (C=O) groups is 2. The SMILES string of the molecule is CC(F)(C(=O)OC1CCOC1=O)C(F)(F)F. The van der Waals surface area contributed by atoms with Gasteiger partial charge in [-0.25, -0.2) is 14.0 Å². The Balaban J connectivity index is 2.68. The smallest absolute Gasteiger partial charge is 0.433 e. The standard InChI is InChI=1S/C8H8F4O4/c1-7(9,8(10,11)12)6(14)16-4-2-3-15-5(4)13/h4H,2-3H2,1H3. The monoisotopic (exact) mass is 244 g/mol. The molecular weight excluding hydrogens is 236 g/mol. The second kappa shape index (κ2) is 3.91. The van der Waals surface area contributed by atoms with Gasteiger partial charge < -0.3 is 9.47 Å². The molecule has 0 amide bonds. The second-order valence-electron chi connectivity index (χ2n) is 3.35. The Morgan fingerprint density at radius 3 is 2.38 bits per heavy atom. The predicted octanol–water partition coefficient (Wildman–Crippen LogP) is 1.14. The fraction of sp³-hybridized carbons (Fsp3) is 0.750. The number of esters is 2. The van der Waals surface area contributed by atoms with Gasteiger partial charge in [0, 0.05) is 6.42 Å². The number of hydrogen-bond donors (Lipinski definition) is 0. The van der Waals surface area contributed by atoms with E-state index in [1.165, 1.54) is 0 Å². The van der Waals surface area contributed by atoms with Gasteiger partial charge in [-0.2, -0.15) is 13.2 Å². The minimum absolute atomic E-state index is 0.0373. The third kappa shape index (κ3) is 2.25. The van der Waals surface area contributed by atoms with Crippen molar-refractivity contribution in [3.63, 3.8) is 0 Å². The normalized spacial score (nSPS) is 24.8. The average Bonchev–Trinajstić information content (AvgIpc) is 2.49. The van der Waals surface area contributed by atoms with Crippen LogP contribution in [0.25, 0.3) is 0 Å². The van der Waals surface area contributed by atoms with Crippen LogP contribution in [0, 0.1) is 0 Å². The van der Waals surface area contributed by atoms with Gasteiger partial charge in [0.15, 0.2) is 0 Å². The van der Waals surface area contributed by atoms with Crippen molar-refractivity contribution in [2.45, 2.75) is 31.3 Å². The van der Waals surface area contributed by atoms with E-state index in [0.29, 0.717) is 0 Å². The Kier molecular flexibility index (Phi) is 3.11. The van der Waals surface area contributed by atoms with Crippen LogP contribution in [-0.4, -0.2) is 36.5 Å². The second-order valence-corrected chi connectivity index (χ2v) is 3.35. The van der Waals surface area contributed by atoms with E-state index in [1.807, 2.05) is 0 Å². The molecule has 92 valence electrons.